The Bertz CT molecular complexity index is 678. The first kappa shape index (κ1) is 22.9. The molecule has 2 atom stereocenters. The molecule has 0 unspecified atom stereocenters. The number of hydrogen-bond acceptors (Lipinski definition) is 5. The lowest BCUT2D eigenvalue weighted by Gasteiger charge is -2.22. The van der Waals surface area contributed by atoms with Gasteiger partial charge in [0.2, 0.25) is 11.8 Å². The number of alkyl carbamates (subject to hydrolysis) is 1. The molecule has 154 valence electrons. The summed E-state index contributed by atoms with van der Waals surface area (Å²) in [6, 6.07) is 6.85. The van der Waals surface area contributed by atoms with Gasteiger partial charge in [0.05, 0.1) is 0 Å². The molecule has 0 saturated heterocycles. The van der Waals surface area contributed by atoms with Crippen LogP contribution >= 0.6 is 0 Å². The molecule has 9 nitrogen and oxygen atoms in total. The van der Waals surface area contributed by atoms with Crippen molar-refractivity contribution in [2.75, 3.05) is 0 Å². The molecule has 1 aromatic carbocycles. The highest BCUT2D eigenvalue weighted by Gasteiger charge is 2.27. The first-order chi connectivity index (χ1) is 13.2. The number of carboxylic acids is 1. The first-order valence-corrected chi connectivity index (χ1v) is 8.97. The van der Waals surface area contributed by atoms with Gasteiger partial charge in [0.25, 0.3) is 0 Å². The molecule has 0 fully saturated rings. The lowest BCUT2D eigenvalue weighted by molar-refractivity contribution is -0.137. The number of carbonyl (C=O) groups excluding carboxylic acids is 3. The Labute approximate surface area is 163 Å². The van der Waals surface area contributed by atoms with Crippen molar-refractivity contribution in [2.45, 2.75) is 51.8 Å². The number of ether oxygens (including phenoxy) is 1. The molecule has 9 heteroatoms. The maximum atomic E-state index is 12.5. The molecule has 0 aliphatic heterocycles. The molecule has 0 aliphatic carbocycles. The van der Waals surface area contributed by atoms with Gasteiger partial charge in [-0.15, -0.1) is 0 Å². The van der Waals surface area contributed by atoms with Gasteiger partial charge in [0.15, 0.2) is 0 Å². The van der Waals surface area contributed by atoms with Crippen molar-refractivity contribution in [3.63, 3.8) is 0 Å². The molecule has 1 rings (SSSR count). The molecule has 0 heterocycles. The van der Waals surface area contributed by atoms with Crippen molar-refractivity contribution in [3.05, 3.63) is 35.9 Å². The van der Waals surface area contributed by atoms with Gasteiger partial charge in [0.1, 0.15) is 18.7 Å². The number of rotatable bonds is 11. The van der Waals surface area contributed by atoms with Gasteiger partial charge in [-0.05, 0) is 24.3 Å². The summed E-state index contributed by atoms with van der Waals surface area (Å²) >= 11 is 0. The standard InChI is InChI=1S/C19H27N3O6/c1-12(2)10-15(17(20)25)21-18(26)14(8-9-16(23)24)22-19(27)28-11-13-6-4-3-5-7-13/h3-7,12,14-15H,8-11H2,1-2H3,(H2,20,25)(H,21,26)(H,22,27)(H,23,24)/t14-,15-/m0/s1. The highest BCUT2D eigenvalue weighted by atomic mass is 16.5. The van der Waals surface area contributed by atoms with E-state index in [4.69, 9.17) is 15.6 Å². The molecule has 5 N–H and O–H groups in total. The average Bonchev–Trinajstić information content (AvgIpc) is 2.63. The minimum absolute atomic E-state index is 0.00277. The van der Waals surface area contributed by atoms with Crippen LogP contribution in [0.5, 0.6) is 0 Å². The summed E-state index contributed by atoms with van der Waals surface area (Å²) in [5.74, 6) is -2.42. The van der Waals surface area contributed by atoms with E-state index in [-0.39, 0.29) is 25.4 Å². The number of benzene rings is 1. The third-order valence-corrected chi connectivity index (χ3v) is 3.84. The van der Waals surface area contributed by atoms with Crippen molar-refractivity contribution < 1.29 is 29.0 Å². The summed E-state index contributed by atoms with van der Waals surface area (Å²) in [5, 5.41) is 13.7. The van der Waals surface area contributed by atoms with Gasteiger partial charge in [0, 0.05) is 6.42 Å². The third kappa shape index (κ3) is 9.02. The number of primary amides is 1. The maximum Gasteiger partial charge on any atom is 0.408 e. The Morgan fingerprint density at radius 1 is 1.07 bits per heavy atom. The summed E-state index contributed by atoms with van der Waals surface area (Å²) in [6.07, 6.45) is -1.04. The van der Waals surface area contributed by atoms with Crippen molar-refractivity contribution in [1.82, 2.24) is 10.6 Å². The Balaban J connectivity index is 2.71. The summed E-state index contributed by atoms with van der Waals surface area (Å²) < 4.78 is 5.06. The van der Waals surface area contributed by atoms with Gasteiger partial charge in [-0.2, -0.15) is 0 Å². The number of hydrogen-bond donors (Lipinski definition) is 4. The Morgan fingerprint density at radius 3 is 2.25 bits per heavy atom. The maximum absolute atomic E-state index is 12.5. The van der Waals surface area contributed by atoms with E-state index in [1.165, 1.54) is 0 Å². The number of carbonyl (C=O) groups is 4. The second-order valence-electron chi connectivity index (χ2n) is 6.78. The second-order valence-corrected chi connectivity index (χ2v) is 6.78. The van der Waals surface area contributed by atoms with Gasteiger partial charge < -0.3 is 26.2 Å². The summed E-state index contributed by atoms with van der Waals surface area (Å²) in [4.78, 5) is 46.9. The largest absolute Gasteiger partial charge is 0.481 e. The lowest BCUT2D eigenvalue weighted by atomic mass is 10.0. The SMILES string of the molecule is CC(C)C[C@H](NC(=O)[C@H](CCC(=O)O)NC(=O)OCc1ccccc1)C(N)=O. The van der Waals surface area contributed by atoms with Crippen LogP contribution in [0.1, 0.15) is 38.7 Å². The van der Waals surface area contributed by atoms with Crippen LogP contribution in [0, 0.1) is 5.92 Å². The molecule has 0 radical (unpaired) electrons. The first-order valence-electron chi connectivity index (χ1n) is 8.97. The molecule has 28 heavy (non-hydrogen) atoms. The topological polar surface area (TPSA) is 148 Å². The fourth-order valence-corrected chi connectivity index (χ4v) is 2.43. The van der Waals surface area contributed by atoms with Crippen molar-refractivity contribution in [3.8, 4) is 0 Å². The predicted octanol–water partition coefficient (Wildman–Crippen LogP) is 1.16. The predicted molar refractivity (Wildman–Crippen MR) is 101 cm³/mol. The average molecular weight is 393 g/mol. The number of nitrogens with one attached hydrogen (secondary N) is 2. The third-order valence-electron chi connectivity index (χ3n) is 3.84. The highest BCUT2D eigenvalue weighted by Crippen LogP contribution is 2.07. The summed E-state index contributed by atoms with van der Waals surface area (Å²) in [7, 11) is 0. The van der Waals surface area contributed by atoms with Crippen LogP contribution in [0.2, 0.25) is 0 Å². The van der Waals surface area contributed by atoms with Crippen LogP contribution in [-0.2, 0) is 25.7 Å². The van der Waals surface area contributed by atoms with Crippen LogP contribution < -0.4 is 16.4 Å². The molecular weight excluding hydrogens is 366 g/mol. The zero-order chi connectivity index (χ0) is 21.1. The van der Waals surface area contributed by atoms with Crippen LogP contribution in [0.15, 0.2) is 30.3 Å². The van der Waals surface area contributed by atoms with Gasteiger partial charge in [-0.1, -0.05) is 44.2 Å². The molecule has 0 saturated carbocycles. The zero-order valence-corrected chi connectivity index (χ0v) is 16.0. The van der Waals surface area contributed by atoms with E-state index < -0.39 is 36.0 Å². The second kappa shape index (κ2) is 11.6. The van der Waals surface area contributed by atoms with E-state index >= 15 is 0 Å². The van der Waals surface area contributed by atoms with Crippen LogP contribution in [0.25, 0.3) is 0 Å². The molecule has 0 bridgehead atoms. The molecular formula is C19H27N3O6. The Hall–Kier alpha value is -3.10. The van der Waals surface area contributed by atoms with Crippen molar-refractivity contribution in [2.24, 2.45) is 11.7 Å². The van der Waals surface area contributed by atoms with Gasteiger partial charge in [-0.3, -0.25) is 14.4 Å². The smallest absolute Gasteiger partial charge is 0.408 e. The fourth-order valence-electron chi connectivity index (χ4n) is 2.43. The normalized spacial score (nSPS) is 12.7. The van der Waals surface area contributed by atoms with Crippen LogP contribution in [-0.4, -0.2) is 41.1 Å². The van der Waals surface area contributed by atoms with E-state index in [1.807, 2.05) is 19.9 Å². The van der Waals surface area contributed by atoms with E-state index in [2.05, 4.69) is 10.6 Å². The summed E-state index contributed by atoms with van der Waals surface area (Å²) in [5.41, 5.74) is 6.07. The lowest BCUT2D eigenvalue weighted by Crippen LogP contribution is -2.53. The van der Waals surface area contributed by atoms with Gasteiger partial charge in [-0.25, -0.2) is 4.79 Å². The molecule has 1 aromatic rings. The number of amides is 3. The van der Waals surface area contributed by atoms with Crippen molar-refractivity contribution in [1.29, 1.82) is 0 Å². The van der Waals surface area contributed by atoms with E-state index in [0.717, 1.165) is 5.56 Å². The Kier molecular flexibility index (Phi) is 9.49. The summed E-state index contributed by atoms with van der Waals surface area (Å²) in [6.45, 7) is 3.73. The van der Waals surface area contributed by atoms with E-state index in [0.29, 0.717) is 6.42 Å². The quantitative estimate of drug-likeness (QED) is 0.443. The minimum Gasteiger partial charge on any atom is -0.481 e. The number of nitrogens with two attached hydrogens (primary N) is 1. The number of carboxylic acid groups (broad SMARTS) is 1. The zero-order valence-electron chi connectivity index (χ0n) is 16.0. The van der Waals surface area contributed by atoms with Crippen LogP contribution in [0.4, 0.5) is 4.79 Å². The van der Waals surface area contributed by atoms with Crippen LogP contribution in [0.3, 0.4) is 0 Å². The minimum atomic E-state index is -1.17. The Morgan fingerprint density at radius 2 is 1.71 bits per heavy atom. The molecule has 0 spiro atoms. The highest BCUT2D eigenvalue weighted by molar-refractivity contribution is 5.91. The monoisotopic (exact) mass is 393 g/mol. The number of aliphatic carboxylic acids is 1. The molecule has 3 amide bonds. The fraction of sp³-hybridized carbons (Fsp3) is 0.474. The van der Waals surface area contributed by atoms with Crippen molar-refractivity contribution >= 4 is 23.9 Å². The molecule has 0 aromatic heterocycles. The molecule has 0 aliphatic rings. The van der Waals surface area contributed by atoms with Gasteiger partial charge >= 0.3 is 12.1 Å². The van der Waals surface area contributed by atoms with E-state index in [9.17, 15) is 19.2 Å². The van der Waals surface area contributed by atoms with E-state index in [1.54, 1.807) is 24.3 Å².